The minimum absolute atomic E-state index is 0.0626. The van der Waals surface area contributed by atoms with Gasteiger partial charge in [0.25, 0.3) is 11.8 Å². The van der Waals surface area contributed by atoms with Gasteiger partial charge in [-0.3, -0.25) is 14.5 Å². The Morgan fingerprint density at radius 1 is 0.842 bits per heavy atom. The van der Waals surface area contributed by atoms with E-state index >= 15 is 0 Å². The Morgan fingerprint density at radius 2 is 1.50 bits per heavy atom. The van der Waals surface area contributed by atoms with Gasteiger partial charge in [0.1, 0.15) is 5.75 Å². The lowest BCUT2D eigenvalue weighted by Crippen LogP contribution is -2.56. The molecule has 1 saturated carbocycles. The van der Waals surface area contributed by atoms with Crippen molar-refractivity contribution in [2.45, 2.75) is 43.9 Å². The number of hydrogen-bond acceptors (Lipinski definition) is 7. The summed E-state index contributed by atoms with van der Waals surface area (Å²) in [6.45, 7) is 0.380. The molecule has 0 spiro atoms. The second-order valence-corrected chi connectivity index (χ2v) is 9.41. The van der Waals surface area contributed by atoms with Crippen molar-refractivity contribution in [3.63, 3.8) is 0 Å². The predicted molar refractivity (Wildman–Crippen MR) is 141 cm³/mol. The van der Waals surface area contributed by atoms with Crippen LogP contribution in [0.1, 0.15) is 36.0 Å². The molecule has 1 aliphatic carbocycles. The van der Waals surface area contributed by atoms with E-state index in [1.807, 2.05) is 0 Å². The molecule has 1 atom stereocenters. The van der Waals surface area contributed by atoms with Gasteiger partial charge in [-0.1, -0.05) is 0 Å². The number of nitrogens with one attached hydrogen (secondary N) is 2. The van der Waals surface area contributed by atoms with Crippen molar-refractivity contribution in [3.05, 3.63) is 48.0 Å². The van der Waals surface area contributed by atoms with Crippen LogP contribution in [0.4, 0.5) is 10.5 Å². The molecule has 0 aromatic heterocycles. The van der Waals surface area contributed by atoms with Gasteiger partial charge in [0, 0.05) is 36.4 Å². The van der Waals surface area contributed by atoms with E-state index in [0.29, 0.717) is 28.5 Å². The molecule has 4 rings (SSSR count). The van der Waals surface area contributed by atoms with E-state index in [-0.39, 0.29) is 25.2 Å². The molecule has 2 aromatic carbocycles. The average Bonchev–Trinajstić information content (AvgIpc) is 3.39. The van der Waals surface area contributed by atoms with Crippen molar-refractivity contribution in [1.29, 1.82) is 0 Å². The Kier molecular flexibility index (Phi) is 8.57. The number of benzene rings is 2. The van der Waals surface area contributed by atoms with Crippen LogP contribution in [0.5, 0.6) is 17.2 Å². The number of nitrogens with zero attached hydrogens (tertiary/aromatic N) is 2. The highest BCUT2D eigenvalue weighted by Gasteiger charge is 2.43. The highest BCUT2D eigenvalue weighted by molar-refractivity contribution is 6.01. The zero-order valence-corrected chi connectivity index (χ0v) is 21.9. The first-order valence-electron chi connectivity index (χ1n) is 12.6. The molecule has 1 heterocycles. The van der Waals surface area contributed by atoms with E-state index in [9.17, 15) is 14.4 Å². The Bertz CT molecular complexity index is 1150. The van der Waals surface area contributed by atoms with Crippen molar-refractivity contribution in [2.24, 2.45) is 5.73 Å². The number of ether oxygens (including phenoxy) is 3. The number of hydrogen-bond donors (Lipinski definition) is 3. The number of amides is 4. The number of carbonyl (C=O) groups excluding carboxylic acids is 3. The predicted octanol–water partition coefficient (Wildman–Crippen LogP) is 2.41. The van der Waals surface area contributed by atoms with Crippen LogP contribution in [0.15, 0.2) is 42.5 Å². The molecule has 11 heteroatoms. The van der Waals surface area contributed by atoms with Gasteiger partial charge in [0.15, 0.2) is 17.7 Å². The third kappa shape index (κ3) is 5.94. The van der Waals surface area contributed by atoms with Crippen LogP contribution in [0.3, 0.4) is 0 Å². The Labute approximate surface area is 222 Å². The lowest BCUT2D eigenvalue weighted by molar-refractivity contribution is -0.128. The zero-order valence-electron chi connectivity index (χ0n) is 21.9. The van der Waals surface area contributed by atoms with Crippen LogP contribution < -0.4 is 30.6 Å². The molecule has 38 heavy (non-hydrogen) atoms. The smallest absolute Gasteiger partial charge is 0.323 e. The highest BCUT2D eigenvalue weighted by atomic mass is 16.5. The van der Waals surface area contributed by atoms with Gasteiger partial charge in [-0.25, -0.2) is 4.79 Å². The summed E-state index contributed by atoms with van der Waals surface area (Å²) in [6, 6.07) is 11.3. The van der Waals surface area contributed by atoms with Gasteiger partial charge < -0.3 is 35.5 Å². The fourth-order valence-electron chi connectivity index (χ4n) is 4.88. The molecule has 1 saturated heterocycles. The molecular weight excluding hydrogens is 490 g/mol. The summed E-state index contributed by atoms with van der Waals surface area (Å²) >= 11 is 0. The summed E-state index contributed by atoms with van der Waals surface area (Å²) in [5, 5.41) is 5.87. The summed E-state index contributed by atoms with van der Waals surface area (Å²) in [6.07, 6.45) is 2.00. The van der Waals surface area contributed by atoms with Gasteiger partial charge >= 0.3 is 6.03 Å². The monoisotopic (exact) mass is 525 g/mol. The molecule has 4 amide bonds. The second-order valence-electron chi connectivity index (χ2n) is 9.41. The van der Waals surface area contributed by atoms with Crippen LogP contribution in [0.2, 0.25) is 0 Å². The molecule has 2 aliphatic rings. The molecule has 1 aliphatic heterocycles. The number of rotatable bonds is 7. The molecule has 0 bridgehead atoms. The summed E-state index contributed by atoms with van der Waals surface area (Å²) in [5.74, 6) is 0.737. The largest absolute Gasteiger partial charge is 0.497 e. The topological polar surface area (TPSA) is 135 Å². The normalized spacial score (nSPS) is 21.0. The Hall–Kier alpha value is -3.99. The number of anilines is 1. The quantitative estimate of drug-likeness (QED) is 0.505. The van der Waals surface area contributed by atoms with Crippen LogP contribution >= 0.6 is 0 Å². The van der Waals surface area contributed by atoms with Crippen molar-refractivity contribution in [2.75, 3.05) is 39.7 Å². The van der Waals surface area contributed by atoms with E-state index in [2.05, 4.69) is 10.6 Å². The molecule has 2 aromatic rings. The fraction of sp³-hybridized carbons (Fsp3) is 0.444. The maximum Gasteiger partial charge on any atom is 0.323 e. The van der Waals surface area contributed by atoms with E-state index < -0.39 is 24.0 Å². The molecule has 2 fully saturated rings. The zero-order chi connectivity index (χ0) is 27.2. The van der Waals surface area contributed by atoms with Crippen molar-refractivity contribution in [3.8, 4) is 17.2 Å². The SMILES string of the molecule is COc1ccc(NC(=O)N2CCN(C(=O)c3ccc(OC)c(OC)c3)C2C(=O)NC2CCC(N)CC2)cc1. The third-order valence-electron chi connectivity index (χ3n) is 7.02. The van der Waals surface area contributed by atoms with Gasteiger partial charge in [-0.05, 0) is 68.1 Å². The number of carbonyl (C=O) groups is 3. The lowest BCUT2D eigenvalue weighted by Gasteiger charge is -2.32. The van der Waals surface area contributed by atoms with Crippen LogP contribution in [-0.2, 0) is 4.79 Å². The van der Waals surface area contributed by atoms with Gasteiger partial charge in [-0.15, -0.1) is 0 Å². The molecule has 204 valence electrons. The van der Waals surface area contributed by atoms with Gasteiger partial charge in [0.05, 0.1) is 21.3 Å². The maximum atomic E-state index is 13.6. The number of urea groups is 1. The number of nitrogens with two attached hydrogens (primary N) is 1. The van der Waals surface area contributed by atoms with Crippen molar-refractivity contribution < 1.29 is 28.6 Å². The minimum atomic E-state index is -1.12. The Morgan fingerprint density at radius 3 is 2.13 bits per heavy atom. The van der Waals surface area contributed by atoms with Crippen LogP contribution in [-0.4, -0.2) is 80.3 Å². The summed E-state index contributed by atoms with van der Waals surface area (Å²) < 4.78 is 15.8. The molecule has 0 radical (unpaired) electrons. The van der Waals surface area contributed by atoms with Crippen molar-refractivity contribution in [1.82, 2.24) is 15.1 Å². The molecule has 4 N–H and O–H groups in total. The second kappa shape index (κ2) is 12.0. The lowest BCUT2D eigenvalue weighted by atomic mass is 9.92. The molecule has 1 unspecified atom stereocenters. The van der Waals surface area contributed by atoms with Crippen LogP contribution in [0, 0.1) is 0 Å². The van der Waals surface area contributed by atoms with E-state index in [1.54, 1.807) is 49.6 Å². The highest BCUT2D eigenvalue weighted by Crippen LogP contribution is 2.29. The maximum absolute atomic E-state index is 13.6. The minimum Gasteiger partial charge on any atom is -0.497 e. The summed E-state index contributed by atoms with van der Waals surface area (Å²) in [5.41, 5.74) is 6.88. The molecule has 11 nitrogen and oxygen atoms in total. The van der Waals surface area contributed by atoms with E-state index in [1.165, 1.54) is 24.0 Å². The van der Waals surface area contributed by atoms with E-state index in [4.69, 9.17) is 19.9 Å². The first kappa shape index (κ1) is 27.1. The van der Waals surface area contributed by atoms with Gasteiger partial charge in [0.2, 0.25) is 0 Å². The standard InChI is InChI=1S/C27H35N5O6/c1-36-21-11-9-20(10-12-21)30-27(35)32-15-14-31(25(32)24(33)29-19-7-5-18(28)6-8-19)26(34)17-4-13-22(37-2)23(16-17)38-3/h4,9-13,16,18-19,25H,5-8,14-15,28H2,1-3H3,(H,29,33)(H,30,35). The summed E-state index contributed by atoms with van der Waals surface area (Å²) in [4.78, 5) is 43.3. The number of methoxy groups -OCH3 is 3. The van der Waals surface area contributed by atoms with Crippen LogP contribution in [0.25, 0.3) is 0 Å². The van der Waals surface area contributed by atoms with Crippen molar-refractivity contribution >= 4 is 23.5 Å². The van der Waals surface area contributed by atoms with Gasteiger partial charge in [-0.2, -0.15) is 0 Å². The Balaban J connectivity index is 1.57. The third-order valence-corrected chi connectivity index (χ3v) is 7.02. The fourth-order valence-corrected chi connectivity index (χ4v) is 4.88. The average molecular weight is 526 g/mol. The summed E-state index contributed by atoms with van der Waals surface area (Å²) in [7, 11) is 4.56. The molecular formula is C27H35N5O6. The first-order chi connectivity index (χ1) is 18.3. The first-order valence-corrected chi connectivity index (χ1v) is 12.6. The van der Waals surface area contributed by atoms with E-state index in [0.717, 1.165) is 25.7 Å².